The number of methoxy groups -OCH3 is 1. The first-order valence-corrected chi connectivity index (χ1v) is 5.61. The predicted molar refractivity (Wildman–Crippen MR) is 61.8 cm³/mol. The Morgan fingerprint density at radius 3 is 2.79 bits per heavy atom. The van der Waals surface area contributed by atoms with Gasteiger partial charge in [0, 0.05) is 13.0 Å². The van der Waals surface area contributed by atoms with E-state index in [-0.39, 0.29) is 0 Å². The summed E-state index contributed by atoms with van der Waals surface area (Å²) in [4.78, 5) is 8.74. The van der Waals surface area contributed by atoms with E-state index < -0.39 is 0 Å². The molecule has 0 unspecified atom stereocenters. The molecular formula is C9H12IN3O. The van der Waals surface area contributed by atoms with E-state index in [1.54, 1.807) is 7.11 Å². The lowest BCUT2D eigenvalue weighted by atomic mass is 10.3. The Morgan fingerprint density at radius 2 is 2.21 bits per heavy atom. The van der Waals surface area contributed by atoms with Crippen LogP contribution in [0.1, 0.15) is 30.3 Å². The molecule has 1 aromatic rings. The van der Waals surface area contributed by atoms with Gasteiger partial charge in [0.25, 0.3) is 0 Å². The first-order chi connectivity index (χ1) is 6.72. The Hall–Kier alpha value is -0.430. The van der Waals surface area contributed by atoms with Crippen molar-refractivity contribution in [2.45, 2.75) is 25.4 Å². The number of aromatic nitrogens is 2. The monoisotopic (exact) mass is 305 g/mol. The molecule has 1 saturated carbocycles. The summed E-state index contributed by atoms with van der Waals surface area (Å²) in [5.41, 5.74) is 6.71. The van der Waals surface area contributed by atoms with Crippen molar-refractivity contribution in [2.75, 3.05) is 12.8 Å². The standard InChI is InChI=1S/C9H12IN3O/c1-14-4-6-7(10)8(11)13-9(12-6)5-2-3-5/h5H,2-4H2,1H3,(H2,11,12,13). The minimum absolute atomic E-state index is 0.505. The molecular weight excluding hydrogens is 293 g/mol. The van der Waals surface area contributed by atoms with Crippen LogP contribution in [0.3, 0.4) is 0 Å². The van der Waals surface area contributed by atoms with E-state index in [1.807, 2.05) is 0 Å². The number of hydrogen-bond donors (Lipinski definition) is 1. The number of nitrogens with zero attached hydrogens (tertiary/aromatic N) is 2. The van der Waals surface area contributed by atoms with Crippen LogP contribution >= 0.6 is 22.6 Å². The van der Waals surface area contributed by atoms with E-state index in [0.29, 0.717) is 18.3 Å². The first kappa shape index (κ1) is 10.1. The molecule has 14 heavy (non-hydrogen) atoms. The van der Waals surface area contributed by atoms with Crippen LogP contribution in [0, 0.1) is 3.57 Å². The molecule has 0 saturated heterocycles. The summed E-state index contributed by atoms with van der Waals surface area (Å²) in [5, 5.41) is 0. The maximum Gasteiger partial charge on any atom is 0.141 e. The van der Waals surface area contributed by atoms with Gasteiger partial charge >= 0.3 is 0 Å². The molecule has 5 heteroatoms. The summed E-state index contributed by atoms with van der Waals surface area (Å²) in [6.45, 7) is 0.505. The highest BCUT2D eigenvalue weighted by atomic mass is 127. The highest BCUT2D eigenvalue weighted by molar-refractivity contribution is 14.1. The maximum absolute atomic E-state index is 5.80. The Balaban J connectivity index is 2.35. The number of ether oxygens (including phenoxy) is 1. The van der Waals surface area contributed by atoms with E-state index in [0.717, 1.165) is 15.1 Å². The van der Waals surface area contributed by atoms with E-state index in [2.05, 4.69) is 32.6 Å². The topological polar surface area (TPSA) is 61.0 Å². The second kappa shape index (κ2) is 3.98. The molecule has 0 radical (unpaired) electrons. The van der Waals surface area contributed by atoms with Gasteiger partial charge in [0.15, 0.2) is 0 Å². The number of halogens is 1. The van der Waals surface area contributed by atoms with Gasteiger partial charge in [-0.2, -0.15) is 0 Å². The third kappa shape index (κ3) is 1.98. The van der Waals surface area contributed by atoms with E-state index >= 15 is 0 Å². The Kier molecular flexibility index (Phi) is 2.87. The van der Waals surface area contributed by atoms with Crippen LogP contribution in [0.4, 0.5) is 5.82 Å². The number of nitrogen functional groups attached to an aromatic ring is 1. The molecule has 1 aromatic heterocycles. The zero-order valence-electron chi connectivity index (χ0n) is 7.96. The number of rotatable bonds is 3. The average Bonchev–Trinajstić information content (AvgIpc) is 2.96. The second-order valence-electron chi connectivity index (χ2n) is 3.44. The van der Waals surface area contributed by atoms with Crippen molar-refractivity contribution in [1.82, 2.24) is 9.97 Å². The van der Waals surface area contributed by atoms with Crippen LogP contribution in [0.2, 0.25) is 0 Å². The molecule has 0 aromatic carbocycles. The SMILES string of the molecule is COCc1nc(C2CC2)nc(N)c1I. The normalized spacial score (nSPS) is 15.9. The van der Waals surface area contributed by atoms with E-state index in [4.69, 9.17) is 10.5 Å². The van der Waals surface area contributed by atoms with E-state index in [9.17, 15) is 0 Å². The average molecular weight is 305 g/mol. The van der Waals surface area contributed by atoms with Gasteiger partial charge in [-0.05, 0) is 35.4 Å². The lowest BCUT2D eigenvalue weighted by Gasteiger charge is -2.07. The fourth-order valence-electron chi connectivity index (χ4n) is 1.29. The highest BCUT2D eigenvalue weighted by Gasteiger charge is 2.27. The summed E-state index contributed by atoms with van der Waals surface area (Å²) >= 11 is 2.16. The second-order valence-corrected chi connectivity index (χ2v) is 4.51. The van der Waals surface area contributed by atoms with Crippen LogP contribution < -0.4 is 5.73 Å². The molecule has 1 aliphatic rings. The third-order valence-electron chi connectivity index (χ3n) is 2.19. The van der Waals surface area contributed by atoms with Gasteiger partial charge in [-0.3, -0.25) is 0 Å². The van der Waals surface area contributed by atoms with Gasteiger partial charge in [0.2, 0.25) is 0 Å². The molecule has 0 amide bonds. The number of hydrogen-bond acceptors (Lipinski definition) is 4. The molecule has 2 rings (SSSR count). The third-order valence-corrected chi connectivity index (χ3v) is 3.36. The molecule has 1 heterocycles. The van der Waals surface area contributed by atoms with Gasteiger partial charge in [0.1, 0.15) is 11.6 Å². The summed E-state index contributed by atoms with van der Waals surface area (Å²) in [7, 11) is 1.66. The van der Waals surface area contributed by atoms with Crippen LogP contribution in [0.5, 0.6) is 0 Å². The molecule has 1 aliphatic carbocycles. The fourth-order valence-corrected chi connectivity index (χ4v) is 1.69. The van der Waals surface area contributed by atoms with Gasteiger partial charge < -0.3 is 10.5 Å². The number of nitrogens with two attached hydrogens (primary N) is 1. The molecule has 2 N–H and O–H groups in total. The van der Waals surface area contributed by atoms with Crippen molar-refractivity contribution in [2.24, 2.45) is 0 Å². The maximum atomic E-state index is 5.80. The highest BCUT2D eigenvalue weighted by Crippen LogP contribution is 2.38. The lowest BCUT2D eigenvalue weighted by molar-refractivity contribution is 0.180. The van der Waals surface area contributed by atoms with Gasteiger partial charge in [-0.1, -0.05) is 0 Å². The van der Waals surface area contributed by atoms with E-state index in [1.165, 1.54) is 12.8 Å². The number of anilines is 1. The first-order valence-electron chi connectivity index (χ1n) is 4.53. The summed E-state index contributed by atoms with van der Waals surface area (Å²) in [6.07, 6.45) is 2.37. The molecule has 0 spiro atoms. The Morgan fingerprint density at radius 1 is 1.50 bits per heavy atom. The summed E-state index contributed by atoms with van der Waals surface area (Å²) in [5.74, 6) is 1.99. The zero-order valence-corrected chi connectivity index (χ0v) is 10.1. The minimum atomic E-state index is 0.505. The van der Waals surface area contributed by atoms with Crippen molar-refractivity contribution < 1.29 is 4.74 Å². The molecule has 76 valence electrons. The van der Waals surface area contributed by atoms with Crippen LogP contribution in [0.15, 0.2) is 0 Å². The van der Waals surface area contributed by atoms with Crippen molar-refractivity contribution >= 4 is 28.4 Å². The quantitative estimate of drug-likeness (QED) is 0.863. The van der Waals surface area contributed by atoms with Crippen LogP contribution in [-0.4, -0.2) is 17.1 Å². The molecule has 0 atom stereocenters. The molecule has 1 fully saturated rings. The van der Waals surface area contributed by atoms with Crippen molar-refractivity contribution in [1.29, 1.82) is 0 Å². The largest absolute Gasteiger partial charge is 0.383 e. The van der Waals surface area contributed by atoms with Crippen molar-refractivity contribution in [3.05, 3.63) is 15.1 Å². The minimum Gasteiger partial charge on any atom is -0.383 e. The van der Waals surface area contributed by atoms with Gasteiger partial charge in [-0.25, -0.2) is 9.97 Å². The summed E-state index contributed by atoms with van der Waals surface area (Å²) in [6, 6.07) is 0. The van der Waals surface area contributed by atoms with Gasteiger partial charge in [-0.15, -0.1) is 0 Å². The predicted octanol–water partition coefficient (Wildman–Crippen LogP) is 1.69. The molecule has 0 aliphatic heterocycles. The van der Waals surface area contributed by atoms with Crippen LogP contribution in [-0.2, 0) is 11.3 Å². The molecule has 0 bridgehead atoms. The van der Waals surface area contributed by atoms with Gasteiger partial charge in [0.05, 0.1) is 15.9 Å². The Bertz CT molecular complexity index is 352. The fraction of sp³-hybridized carbons (Fsp3) is 0.556. The lowest BCUT2D eigenvalue weighted by Crippen LogP contribution is -2.07. The smallest absolute Gasteiger partial charge is 0.141 e. The molecule has 4 nitrogen and oxygen atoms in total. The van der Waals surface area contributed by atoms with Crippen molar-refractivity contribution in [3.8, 4) is 0 Å². The zero-order chi connectivity index (χ0) is 10.1. The summed E-state index contributed by atoms with van der Waals surface area (Å²) < 4.78 is 5.98. The van der Waals surface area contributed by atoms with Crippen LogP contribution in [0.25, 0.3) is 0 Å². The van der Waals surface area contributed by atoms with Crippen molar-refractivity contribution in [3.63, 3.8) is 0 Å². The Labute approximate surface area is 96.4 Å².